The third kappa shape index (κ3) is 3.77. The van der Waals surface area contributed by atoms with Crippen molar-refractivity contribution in [2.45, 2.75) is 104 Å². The number of aliphatic hydroxyl groups excluding tert-OH is 3. The van der Waals surface area contributed by atoms with Crippen molar-refractivity contribution in [1.82, 2.24) is 0 Å². The van der Waals surface area contributed by atoms with E-state index in [1.54, 1.807) is 0 Å². The van der Waals surface area contributed by atoms with E-state index in [4.69, 9.17) is 4.74 Å². The van der Waals surface area contributed by atoms with E-state index in [1.807, 2.05) is 6.92 Å². The molecule has 5 nitrogen and oxygen atoms in total. The van der Waals surface area contributed by atoms with Crippen LogP contribution in [0.2, 0.25) is 0 Å². The molecule has 4 saturated carbocycles. The minimum Gasteiger partial charge on any atom is -0.466 e. The molecule has 4 fully saturated rings. The molecule has 0 radical (unpaired) electrons. The summed E-state index contributed by atoms with van der Waals surface area (Å²) in [5.74, 6) is 1.84. The summed E-state index contributed by atoms with van der Waals surface area (Å²) < 4.78 is 5.12. The molecule has 178 valence electrons. The van der Waals surface area contributed by atoms with E-state index < -0.39 is 0 Å². The number of aliphatic hydroxyl groups is 3. The molecular formula is C26H44O5. The lowest BCUT2D eigenvalue weighted by Crippen LogP contribution is -2.62. The number of fused-ring (bicyclic) bond motifs is 5. The zero-order chi connectivity index (χ0) is 22.6. The fraction of sp³-hybridized carbons (Fsp3) is 0.962. The molecule has 0 aromatic heterocycles. The van der Waals surface area contributed by atoms with E-state index in [2.05, 4.69) is 20.8 Å². The maximum absolute atomic E-state index is 11.9. The lowest BCUT2D eigenvalue weighted by atomic mass is 9.43. The standard InChI is InChI=1S/C26H44O5/c1-5-31-23(30)9-6-15(2)18-7-8-19-24-20(14-22(29)26(18,19)4)25(3)11-10-17(27)12-16(25)13-21(24)28/h15-22,24,27-29H,5-14H2,1-4H3/t15-,16?,17-,18-,19+,20+,21-,22+,24+,25+,26-/m1/s1. The predicted octanol–water partition coefficient (Wildman–Crippen LogP) is 3.93. The summed E-state index contributed by atoms with van der Waals surface area (Å²) in [4.78, 5) is 11.9. The molecule has 0 amide bonds. The van der Waals surface area contributed by atoms with Crippen molar-refractivity contribution in [3.05, 3.63) is 0 Å². The zero-order valence-corrected chi connectivity index (χ0v) is 19.9. The van der Waals surface area contributed by atoms with Crippen molar-refractivity contribution in [3.63, 3.8) is 0 Å². The largest absolute Gasteiger partial charge is 0.466 e. The molecule has 4 rings (SSSR count). The van der Waals surface area contributed by atoms with Gasteiger partial charge in [0.05, 0.1) is 24.9 Å². The van der Waals surface area contributed by atoms with Crippen molar-refractivity contribution in [1.29, 1.82) is 0 Å². The Morgan fingerprint density at radius 2 is 1.81 bits per heavy atom. The molecule has 5 heteroatoms. The number of carbonyl (C=O) groups excluding carboxylic acids is 1. The molecule has 31 heavy (non-hydrogen) atoms. The van der Waals surface area contributed by atoms with Crippen LogP contribution in [0.25, 0.3) is 0 Å². The predicted molar refractivity (Wildman–Crippen MR) is 119 cm³/mol. The summed E-state index contributed by atoms with van der Waals surface area (Å²) in [6.45, 7) is 9.13. The van der Waals surface area contributed by atoms with Gasteiger partial charge in [0, 0.05) is 6.42 Å². The van der Waals surface area contributed by atoms with E-state index in [0.717, 1.165) is 51.4 Å². The minimum atomic E-state index is -0.370. The van der Waals surface area contributed by atoms with Gasteiger partial charge in [-0.05, 0) is 105 Å². The first-order valence-corrected chi connectivity index (χ1v) is 12.8. The smallest absolute Gasteiger partial charge is 0.305 e. The second-order valence-corrected chi connectivity index (χ2v) is 11.8. The van der Waals surface area contributed by atoms with Crippen molar-refractivity contribution in [3.8, 4) is 0 Å². The van der Waals surface area contributed by atoms with Crippen molar-refractivity contribution >= 4 is 5.97 Å². The molecule has 0 aromatic carbocycles. The van der Waals surface area contributed by atoms with Crippen molar-refractivity contribution in [2.24, 2.45) is 46.3 Å². The maximum atomic E-state index is 11.9. The zero-order valence-electron chi connectivity index (χ0n) is 19.9. The van der Waals surface area contributed by atoms with Crippen LogP contribution in [0, 0.1) is 46.3 Å². The number of ether oxygens (including phenoxy) is 1. The Morgan fingerprint density at radius 1 is 1.06 bits per heavy atom. The van der Waals surface area contributed by atoms with Gasteiger partial charge in [-0.2, -0.15) is 0 Å². The molecule has 4 aliphatic carbocycles. The summed E-state index contributed by atoms with van der Waals surface area (Å²) in [6, 6.07) is 0. The van der Waals surface area contributed by atoms with Crippen LogP contribution in [-0.4, -0.2) is 46.2 Å². The highest BCUT2D eigenvalue weighted by Crippen LogP contribution is 2.68. The molecule has 0 aromatic rings. The molecule has 3 N–H and O–H groups in total. The molecule has 11 atom stereocenters. The lowest BCUT2D eigenvalue weighted by Gasteiger charge is -2.63. The highest BCUT2D eigenvalue weighted by Gasteiger charge is 2.65. The van der Waals surface area contributed by atoms with Gasteiger partial charge in [0.15, 0.2) is 0 Å². The summed E-state index contributed by atoms with van der Waals surface area (Å²) in [7, 11) is 0. The number of carbonyl (C=O) groups is 1. The van der Waals surface area contributed by atoms with E-state index in [1.165, 1.54) is 0 Å². The first kappa shape index (κ1) is 23.5. The fourth-order valence-electron chi connectivity index (χ4n) is 8.91. The van der Waals surface area contributed by atoms with Gasteiger partial charge in [0.1, 0.15) is 0 Å². The van der Waals surface area contributed by atoms with E-state index in [9.17, 15) is 20.1 Å². The molecule has 0 bridgehead atoms. The third-order valence-electron chi connectivity index (χ3n) is 10.6. The SMILES string of the molecule is CCOC(=O)CC[C@@H](C)[C@H]1CC[C@H]2[C@@H]3[C@H](O)CC4C[C@H](O)CC[C@]4(C)[C@H]3C[C@H](O)[C@]12C. The third-order valence-corrected chi connectivity index (χ3v) is 10.6. The molecular weight excluding hydrogens is 392 g/mol. The summed E-state index contributed by atoms with van der Waals surface area (Å²) >= 11 is 0. The number of hydrogen-bond acceptors (Lipinski definition) is 5. The van der Waals surface area contributed by atoms with Gasteiger partial charge < -0.3 is 20.1 Å². The topological polar surface area (TPSA) is 87.0 Å². The van der Waals surface area contributed by atoms with E-state index in [0.29, 0.717) is 42.6 Å². The quantitative estimate of drug-likeness (QED) is 0.569. The van der Waals surface area contributed by atoms with Gasteiger partial charge in [-0.15, -0.1) is 0 Å². The number of rotatable bonds is 5. The minimum absolute atomic E-state index is 0.110. The Hall–Kier alpha value is -0.650. The molecule has 0 aliphatic heterocycles. The Balaban J connectivity index is 1.54. The van der Waals surface area contributed by atoms with Crippen LogP contribution >= 0.6 is 0 Å². The van der Waals surface area contributed by atoms with Gasteiger partial charge in [0.2, 0.25) is 0 Å². The molecule has 4 aliphatic rings. The van der Waals surface area contributed by atoms with Gasteiger partial charge in [0.25, 0.3) is 0 Å². The van der Waals surface area contributed by atoms with Crippen LogP contribution in [0.3, 0.4) is 0 Å². The summed E-state index contributed by atoms with van der Waals surface area (Å²) in [5, 5.41) is 33.1. The second-order valence-electron chi connectivity index (χ2n) is 11.8. The first-order valence-electron chi connectivity index (χ1n) is 12.8. The monoisotopic (exact) mass is 436 g/mol. The van der Waals surface area contributed by atoms with Crippen molar-refractivity contribution in [2.75, 3.05) is 6.61 Å². The molecule has 0 saturated heterocycles. The Labute approximate surface area is 187 Å². The summed E-state index contributed by atoms with van der Waals surface area (Å²) in [5.41, 5.74) is -0.0906. The normalized spacial score (nSPS) is 50.2. The molecule has 1 unspecified atom stereocenters. The van der Waals surface area contributed by atoms with Crippen LogP contribution in [0.5, 0.6) is 0 Å². The van der Waals surface area contributed by atoms with Crippen LogP contribution in [0.4, 0.5) is 0 Å². The number of esters is 1. The highest BCUT2D eigenvalue weighted by atomic mass is 16.5. The van der Waals surface area contributed by atoms with Gasteiger partial charge in [-0.3, -0.25) is 4.79 Å². The highest BCUT2D eigenvalue weighted by molar-refractivity contribution is 5.69. The van der Waals surface area contributed by atoms with Crippen LogP contribution in [0.1, 0.15) is 85.5 Å². The van der Waals surface area contributed by atoms with Crippen LogP contribution < -0.4 is 0 Å². The average molecular weight is 437 g/mol. The van der Waals surface area contributed by atoms with E-state index >= 15 is 0 Å². The Kier molecular flexibility index (Phi) is 6.53. The van der Waals surface area contributed by atoms with Crippen LogP contribution in [0.15, 0.2) is 0 Å². The van der Waals surface area contributed by atoms with Gasteiger partial charge >= 0.3 is 5.97 Å². The van der Waals surface area contributed by atoms with Gasteiger partial charge in [-0.25, -0.2) is 0 Å². The van der Waals surface area contributed by atoms with E-state index in [-0.39, 0.29) is 41.0 Å². The Morgan fingerprint density at radius 3 is 2.52 bits per heavy atom. The Bertz CT molecular complexity index is 666. The molecule has 0 heterocycles. The number of hydrogen-bond donors (Lipinski definition) is 3. The van der Waals surface area contributed by atoms with Crippen molar-refractivity contribution < 1.29 is 24.9 Å². The lowest BCUT2D eigenvalue weighted by molar-refractivity contribution is -0.207. The maximum Gasteiger partial charge on any atom is 0.305 e. The summed E-state index contributed by atoms with van der Waals surface area (Å²) in [6.07, 6.45) is 6.62. The second kappa shape index (κ2) is 8.61. The van der Waals surface area contributed by atoms with Crippen LogP contribution in [-0.2, 0) is 9.53 Å². The fourth-order valence-corrected chi connectivity index (χ4v) is 8.91. The average Bonchev–Trinajstić information content (AvgIpc) is 3.07. The first-order chi connectivity index (χ1) is 14.6. The van der Waals surface area contributed by atoms with Gasteiger partial charge in [-0.1, -0.05) is 20.8 Å². The molecule has 0 spiro atoms.